The molecule has 0 aliphatic carbocycles. The molecule has 78 valence electrons. The zero-order chi connectivity index (χ0) is 11.0. The van der Waals surface area contributed by atoms with Crippen LogP contribution in [0.3, 0.4) is 0 Å². The van der Waals surface area contributed by atoms with E-state index in [9.17, 15) is 9.59 Å². The molecule has 0 bridgehead atoms. The number of aromatic nitrogens is 5. The lowest BCUT2D eigenvalue weighted by Crippen LogP contribution is -2.27. The normalized spacial score (nSPS) is 10.4. The van der Waals surface area contributed by atoms with Gasteiger partial charge in [0.1, 0.15) is 4.99 Å². The third-order valence-corrected chi connectivity index (χ3v) is 2.01. The number of nitrogens with one attached hydrogen (secondary N) is 3. The summed E-state index contributed by atoms with van der Waals surface area (Å²) in [6.07, 6.45) is 1.34. The summed E-state index contributed by atoms with van der Waals surface area (Å²) in [4.78, 5) is 22.6. The number of nitrogens with zero attached hydrogens (tertiary/aromatic N) is 2. The average molecular weight is 226 g/mol. The van der Waals surface area contributed by atoms with Crippen molar-refractivity contribution in [2.75, 3.05) is 0 Å². The number of hydrogen-bond donors (Lipinski definition) is 4. The Balaban J connectivity index is 2.75. The van der Waals surface area contributed by atoms with E-state index in [2.05, 4.69) is 20.4 Å². The topological polar surface area (TPSA) is 125 Å². The summed E-state index contributed by atoms with van der Waals surface area (Å²) in [6.45, 7) is 0. The van der Waals surface area contributed by atoms with Gasteiger partial charge in [0.25, 0.3) is 0 Å². The first kappa shape index (κ1) is 9.40. The van der Waals surface area contributed by atoms with E-state index >= 15 is 0 Å². The highest BCUT2D eigenvalue weighted by Gasteiger charge is 2.14. The van der Waals surface area contributed by atoms with Crippen molar-refractivity contribution in [3.05, 3.63) is 32.7 Å². The molecule has 0 aliphatic heterocycles. The van der Waals surface area contributed by atoms with Crippen molar-refractivity contribution in [1.82, 2.24) is 25.0 Å². The molecule has 2 aromatic rings. The smallest absolute Gasteiger partial charge is 0.350 e. The molecule has 2 heterocycles. The number of aromatic amines is 3. The number of hydrogen-bond acceptors (Lipinski definition) is 4. The van der Waals surface area contributed by atoms with Crippen LogP contribution in [0.15, 0.2) is 15.8 Å². The van der Waals surface area contributed by atoms with Gasteiger partial charge in [0.15, 0.2) is 5.82 Å². The number of H-pyrrole nitrogens is 3. The van der Waals surface area contributed by atoms with Crippen molar-refractivity contribution in [3.8, 4) is 5.82 Å². The Kier molecular flexibility index (Phi) is 2.01. The Bertz CT molecular complexity index is 588. The van der Waals surface area contributed by atoms with Crippen LogP contribution in [0.25, 0.3) is 5.82 Å². The number of thiocarbonyl (C=S) groups is 1. The Labute approximate surface area is 87.1 Å². The fourth-order valence-electron chi connectivity index (χ4n) is 1.14. The summed E-state index contributed by atoms with van der Waals surface area (Å²) in [5.41, 5.74) is 4.48. The molecule has 0 spiro atoms. The summed E-state index contributed by atoms with van der Waals surface area (Å²) < 4.78 is 0.821. The molecule has 0 radical (unpaired) electrons. The van der Waals surface area contributed by atoms with E-state index < -0.39 is 11.4 Å². The molecule has 0 unspecified atom stereocenters. The molecule has 2 aromatic heterocycles. The Morgan fingerprint density at radius 1 is 1.40 bits per heavy atom. The lowest BCUT2D eigenvalue weighted by Gasteiger charge is -1.97. The van der Waals surface area contributed by atoms with Crippen molar-refractivity contribution in [3.63, 3.8) is 0 Å². The Morgan fingerprint density at radius 3 is 2.53 bits per heavy atom. The van der Waals surface area contributed by atoms with E-state index in [1.807, 2.05) is 0 Å². The molecular formula is C6H6N6O2S. The van der Waals surface area contributed by atoms with Crippen LogP contribution in [-0.2, 0) is 0 Å². The summed E-state index contributed by atoms with van der Waals surface area (Å²) >= 11 is 4.74. The van der Waals surface area contributed by atoms with Crippen LogP contribution in [0.2, 0.25) is 0 Å². The van der Waals surface area contributed by atoms with Gasteiger partial charge in [-0.3, -0.25) is 5.10 Å². The highest BCUT2D eigenvalue weighted by molar-refractivity contribution is 7.80. The maximum atomic E-state index is 11.3. The molecular weight excluding hydrogens is 220 g/mol. The second-order valence-corrected chi connectivity index (χ2v) is 3.13. The number of rotatable bonds is 2. The molecule has 2 rings (SSSR count). The summed E-state index contributed by atoms with van der Waals surface area (Å²) in [5, 5.41) is 10.4. The van der Waals surface area contributed by atoms with E-state index in [1.165, 1.54) is 6.20 Å². The first-order chi connectivity index (χ1) is 7.11. The van der Waals surface area contributed by atoms with Crippen LogP contribution in [0.1, 0.15) is 5.56 Å². The Morgan fingerprint density at radius 2 is 2.00 bits per heavy atom. The van der Waals surface area contributed by atoms with Crippen LogP contribution in [-0.4, -0.2) is 30.0 Å². The van der Waals surface area contributed by atoms with Crippen LogP contribution >= 0.6 is 12.2 Å². The second-order valence-electron chi connectivity index (χ2n) is 2.69. The minimum absolute atomic E-state index is 0.0475. The van der Waals surface area contributed by atoms with E-state index in [1.54, 1.807) is 0 Å². The van der Waals surface area contributed by atoms with Crippen LogP contribution in [0, 0.1) is 0 Å². The molecule has 0 aromatic carbocycles. The molecule has 0 saturated heterocycles. The van der Waals surface area contributed by atoms with E-state index in [-0.39, 0.29) is 10.8 Å². The molecule has 5 N–H and O–H groups in total. The summed E-state index contributed by atoms with van der Waals surface area (Å²) in [7, 11) is 0. The van der Waals surface area contributed by atoms with Gasteiger partial charge in [0.2, 0.25) is 0 Å². The fourth-order valence-corrected chi connectivity index (χ4v) is 1.29. The van der Waals surface area contributed by atoms with Crippen LogP contribution in [0.4, 0.5) is 0 Å². The van der Waals surface area contributed by atoms with Gasteiger partial charge in [-0.1, -0.05) is 12.2 Å². The van der Waals surface area contributed by atoms with Crippen molar-refractivity contribution in [1.29, 1.82) is 0 Å². The second kappa shape index (κ2) is 3.20. The standard InChI is InChI=1S/C6H6N6O2S/c7-3(15)2-1-8-9-4(2)12-5(13)10-11-6(12)14/h1H,(H2,7,15)(H,8,9)(H,10,13)(H,11,14). The molecule has 15 heavy (non-hydrogen) atoms. The van der Waals surface area contributed by atoms with Gasteiger partial charge in [0, 0.05) is 0 Å². The Hall–Kier alpha value is -2.16. The quantitative estimate of drug-likeness (QED) is 0.450. The van der Waals surface area contributed by atoms with E-state index in [0.717, 1.165) is 4.57 Å². The predicted molar refractivity (Wildman–Crippen MR) is 55.0 cm³/mol. The zero-order valence-corrected chi connectivity index (χ0v) is 8.09. The molecule has 0 saturated carbocycles. The molecule has 0 atom stereocenters. The molecule has 8 nitrogen and oxygen atoms in total. The van der Waals surface area contributed by atoms with Crippen molar-refractivity contribution >= 4 is 17.2 Å². The third kappa shape index (κ3) is 1.38. The van der Waals surface area contributed by atoms with Crippen molar-refractivity contribution < 1.29 is 0 Å². The molecule has 9 heteroatoms. The highest BCUT2D eigenvalue weighted by atomic mass is 32.1. The van der Waals surface area contributed by atoms with E-state index in [4.69, 9.17) is 18.0 Å². The molecule has 0 amide bonds. The van der Waals surface area contributed by atoms with Gasteiger partial charge in [-0.2, -0.15) is 9.67 Å². The monoisotopic (exact) mass is 226 g/mol. The molecule has 0 aliphatic rings. The lowest BCUT2D eigenvalue weighted by atomic mass is 10.3. The minimum Gasteiger partial charge on any atom is -0.389 e. The van der Waals surface area contributed by atoms with Crippen LogP contribution < -0.4 is 17.1 Å². The van der Waals surface area contributed by atoms with Gasteiger partial charge in [-0.15, -0.1) is 0 Å². The number of nitrogens with two attached hydrogens (primary N) is 1. The van der Waals surface area contributed by atoms with Gasteiger partial charge < -0.3 is 5.73 Å². The summed E-state index contributed by atoms with van der Waals surface area (Å²) in [5.74, 6) is 0.148. The first-order valence-electron chi connectivity index (χ1n) is 3.84. The maximum absolute atomic E-state index is 11.3. The summed E-state index contributed by atoms with van der Waals surface area (Å²) in [6, 6.07) is 0. The van der Waals surface area contributed by atoms with Gasteiger partial charge in [-0.05, 0) is 0 Å². The first-order valence-corrected chi connectivity index (χ1v) is 4.25. The SMILES string of the molecule is NC(=S)c1cn[nH]c1-n1c(=O)[nH][nH]c1=O. The predicted octanol–water partition coefficient (Wildman–Crippen LogP) is -1.79. The van der Waals surface area contributed by atoms with Crippen LogP contribution in [0.5, 0.6) is 0 Å². The average Bonchev–Trinajstić information content (AvgIpc) is 2.73. The lowest BCUT2D eigenvalue weighted by molar-refractivity contribution is 0.889. The maximum Gasteiger partial charge on any atom is 0.350 e. The zero-order valence-electron chi connectivity index (χ0n) is 7.27. The van der Waals surface area contributed by atoms with Crippen molar-refractivity contribution in [2.24, 2.45) is 5.73 Å². The fraction of sp³-hybridized carbons (Fsp3) is 0. The van der Waals surface area contributed by atoms with Gasteiger partial charge in [-0.25, -0.2) is 19.8 Å². The van der Waals surface area contributed by atoms with E-state index in [0.29, 0.717) is 5.56 Å². The van der Waals surface area contributed by atoms with Crippen molar-refractivity contribution in [2.45, 2.75) is 0 Å². The molecule has 0 fully saturated rings. The largest absolute Gasteiger partial charge is 0.389 e. The van der Waals surface area contributed by atoms with Gasteiger partial charge >= 0.3 is 11.4 Å². The van der Waals surface area contributed by atoms with Gasteiger partial charge in [0.05, 0.1) is 11.8 Å². The third-order valence-electron chi connectivity index (χ3n) is 1.79. The highest BCUT2D eigenvalue weighted by Crippen LogP contribution is 2.05. The minimum atomic E-state index is -0.623.